The Morgan fingerprint density at radius 1 is 1.62 bits per heavy atom. The van der Waals surface area contributed by atoms with Crippen LogP contribution in [0.25, 0.3) is 0 Å². The average Bonchev–Trinajstić information content (AvgIpc) is 2.92. The first kappa shape index (κ1) is 11.3. The fourth-order valence-corrected chi connectivity index (χ4v) is 2.18. The van der Waals surface area contributed by atoms with Crippen LogP contribution in [-0.2, 0) is 6.54 Å². The number of nitrogens with zero attached hydrogens (tertiary/aromatic N) is 1. The minimum atomic E-state index is -0.156. The molecular formula is C11H14N2O2S. The van der Waals surface area contributed by atoms with Gasteiger partial charge in [-0.05, 0) is 19.1 Å². The highest BCUT2D eigenvalue weighted by Gasteiger charge is 2.13. The third kappa shape index (κ3) is 2.49. The Morgan fingerprint density at radius 2 is 2.50 bits per heavy atom. The molecule has 0 saturated carbocycles. The predicted molar refractivity (Wildman–Crippen MR) is 62.2 cm³/mol. The van der Waals surface area contributed by atoms with E-state index in [1.54, 1.807) is 17.6 Å². The molecule has 86 valence electrons. The maximum Gasteiger partial charge on any atom is 0.123 e. The van der Waals surface area contributed by atoms with E-state index in [9.17, 15) is 5.11 Å². The van der Waals surface area contributed by atoms with E-state index in [2.05, 4.69) is 10.3 Å². The van der Waals surface area contributed by atoms with E-state index in [1.807, 2.05) is 24.6 Å². The highest BCUT2D eigenvalue weighted by Crippen LogP contribution is 2.16. The Kier molecular flexibility index (Phi) is 3.71. The summed E-state index contributed by atoms with van der Waals surface area (Å²) in [6.07, 6.45) is 1.61. The second-order valence-electron chi connectivity index (χ2n) is 3.49. The van der Waals surface area contributed by atoms with Gasteiger partial charge in [-0.25, -0.2) is 4.98 Å². The minimum Gasteiger partial charge on any atom is -0.468 e. The van der Waals surface area contributed by atoms with Crippen molar-refractivity contribution in [2.75, 3.05) is 6.61 Å². The summed E-state index contributed by atoms with van der Waals surface area (Å²) in [5.74, 6) is 0.754. The van der Waals surface area contributed by atoms with Gasteiger partial charge in [0, 0.05) is 11.4 Å². The fourth-order valence-electron chi connectivity index (χ4n) is 1.46. The van der Waals surface area contributed by atoms with Gasteiger partial charge in [0.2, 0.25) is 0 Å². The van der Waals surface area contributed by atoms with Crippen molar-refractivity contribution >= 4 is 11.3 Å². The van der Waals surface area contributed by atoms with Crippen LogP contribution in [0.2, 0.25) is 0 Å². The molecular weight excluding hydrogens is 224 g/mol. The largest absolute Gasteiger partial charge is 0.468 e. The summed E-state index contributed by atoms with van der Waals surface area (Å²) >= 11 is 1.61. The summed E-state index contributed by atoms with van der Waals surface area (Å²) in [6, 6.07) is 3.52. The summed E-state index contributed by atoms with van der Waals surface area (Å²) in [5.41, 5.74) is 2.86. The molecule has 0 spiro atoms. The number of aromatic nitrogens is 1. The molecule has 0 aliphatic rings. The van der Waals surface area contributed by atoms with Crippen LogP contribution in [0.1, 0.15) is 22.4 Å². The molecule has 0 bridgehead atoms. The third-order valence-corrected chi connectivity index (χ3v) is 3.36. The van der Waals surface area contributed by atoms with Crippen LogP contribution in [0.3, 0.4) is 0 Å². The second kappa shape index (κ2) is 5.25. The van der Waals surface area contributed by atoms with Crippen LogP contribution >= 0.6 is 11.3 Å². The molecule has 2 aromatic rings. The third-order valence-electron chi connectivity index (χ3n) is 2.42. The van der Waals surface area contributed by atoms with Crippen molar-refractivity contribution in [2.24, 2.45) is 0 Å². The van der Waals surface area contributed by atoms with Gasteiger partial charge in [-0.15, -0.1) is 11.3 Å². The zero-order chi connectivity index (χ0) is 11.4. The zero-order valence-corrected chi connectivity index (χ0v) is 9.83. The van der Waals surface area contributed by atoms with Crippen molar-refractivity contribution in [3.63, 3.8) is 0 Å². The monoisotopic (exact) mass is 238 g/mol. The maximum atomic E-state index is 9.26. The van der Waals surface area contributed by atoms with Crippen molar-refractivity contribution < 1.29 is 9.52 Å². The summed E-state index contributed by atoms with van der Waals surface area (Å²) in [6.45, 7) is 2.70. The predicted octanol–water partition coefficient (Wildman–Crippen LogP) is 1.87. The van der Waals surface area contributed by atoms with Crippen molar-refractivity contribution in [2.45, 2.75) is 19.5 Å². The molecule has 4 nitrogen and oxygen atoms in total. The molecule has 1 atom stereocenters. The molecule has 0 aliphatic heterocycles. The zero-order valence-electron chi connectivity index (χ0n) is 9.01. The normalized spacial score (nSPS) is 12.9. The van der Waals surface area contributed by atoms with Gasteiger partial charge in [0.15, 0.2) is 0 Å². The second-order valence-corrected chi connectivity index (χ2v) is 4.43. The molecule has 2 N–H and O–H groups in total. The molecule has 5 heteroatoms. The number of aliphatic hydroxyl groups excluding tert-OH is 1. The number of rotatable bonds is 5. The smallest absolute Gasteiger partial charge is 0.123 e. The van der Waals surface area contributed by atoms with Gasteiger partial charge in [0.05, 0.1) is 30.1 Å². The lowest BCUT2D eigenvalue weighted by Crippen LogP contribution is -2.23. The molecule has 0 aromatic carbocycles. The molecule has 0 radical (unpaired) electrons. The van der Waals surface area contributed by atoms with Crippen LogP contribution in [0.5, 0.6) is 0 Å². The van der Waals surface area contributed by atoms with E-state index in [0.717, 1.165) is 11.5 Å². The molecule has 0 aliphatic carbocycles. The lowest BCUT2D eigenvalue weighted by atomic mass is 10.2. The molecule has 0 amide bonds. The van der Waals surface area contributed by atoms with Crippen LogP contribution in [0.4, 0.5) is 0 Å². The van der Waals surface area contributed by atoms with E-state index in [-0.39, 0.29) is 12.6 Å². The Labute approximate surface area is 97.9 Å². The molecule has 2 aromatic heterocycles. The van der Waals surface area contributed by atoms with Gasteiger partial charge in [-0.2, -0.15) is 0 Å². The highest BCUT2D eigenvalue weighted by molar-refractivity contribution is 7.09. The van der Waals surface area contributed by atoms with Crippen molar-refractivity contribution in [3.05, 3.63) is 40.2 Å². The van der Waals surface area contributed by atoms with Crippen molar-refractivity contribution in [1.82, 2.24) is 10.3 Å². The molecule has 2 rings (SSSR count). The first-order valence-corrected chi connectivity index (χ1v) is 5.96. The summed E-state index contributed by atoms with van der Waals surface area (Å²) in [7, 11) is 0. The molecule has 0 fully saturated rings. The Hall–Kier alpha value is -1.17. The average molecular weight is 238 g/mol. The Bertz CT molecular complexity index is 425. The number of furan rings is 1. The standard InChI is InChI=1S/C11H14N2O2S/c1-8-11(16-7-13-8)5-12-9(6-14)10-3-2-4-15-10/h2-4,7,9,12,14H,5-6H2,1H3. The number of aryl methyl sites for hydroxylation is 1. The van der Waals surface area contributed by atoms with Gasteiger partial charge in [0.25, 0.3) is 0 Å². The van der Waals surface area contributed by atoms with Crippen molar-refractivity contribution in [3.8, 4) is 0 Å². The Morgan fingerprint density at radius 3 is 3.06 bits per heavy atom. The lowest BCUT2D eigenvalue weighted by Gasteiger charge is -2.13. The van der Waals surface area contributed by atoms with Crippen molar-refractivity contribution in [1.29, 1.82) is 0 Å². The number of nitrogens with one attached hydrogen (secondary N) is 1. The molecule has 2 heterocycles. The van der Waals surface area contributed by atoms with Gasteiger partial charge in [-0.1, -0.05) is 0 Å². The number of hydrogen-bond acceptors (Lipinski definition) is 5. The van der Waals surface area contributed by atoms with Crippen LogP contribution in [-0.4, -0.2) is 16.7 Å². The number of hydrogen-bond donors (Lipinski definition) is 2. The molecule has 1 unspecified atom stereocenters. The van der Waals surface area contributed by atoms with Crippen LogP contribution < -0.4 is 5.32 Å². The van der Waals surface area contributed by atoms with E-state index in [4.69, 9.17) is 4.42 Å². The summed E-state index contributed by atoms with van der Waals surface area (Å²) < 4.78 is 5.25. The van der Waals surface area contributed by atoms with E-state index in [0.29, 0.717) is 6.54 Å². The van der Waals surface area contributed by atoms with Gasteiger partial charge < -0.3 is 14.8 Å². The molecule has 16 heavy (non-hydrogen) atoms. The minimum absolute atomic E-state index is 0.0192. The van der Waals surface area contributed by atoms with Crippen LogP contribution in [0.15, 0.2) is 28.3 Å². The lowest BCUT2D eigenvalue weighted by molar-refractivity contribution is 0.225. The number of aliphatic hydroxyl groups is 1. The number of thiazole rings is 1. The maximum absolute atomic E-state index is 9.26. The van der Waals surface area contributed by atoms with E-state index >= 15 is 0 Å². The van der Waals surface area contributed by atoms with Crippen LogP contribution in [0, 0.1) is 6.92 Å². The van der Waals surface area contributed by atoms with Gasteiger partial charge in [-0.3, -0.25) is 0 Å². The topological polar surface area (TPSA) is 58.3 Å². The molecule has 0 saturated heterocycles. The fraction of sp³-hybridized carbons (Fsp3) is 0.364. The SMILES string of the molecule is Cc1ncsc1CNC(CO)c1ccco1. The Balaban J connectivity index is 1.96. The first-order valence-electron chi connectivity index (χ1n) is 5.08. The van der Waals surface area contributed by atoms with Gasteiger partial charge in [0.1, 0.15) is 5.76 Å². The highest BCUT2D eigenvalue weighted by atomic mass is 32.1. The summed E-state index contributed by atoms with van der Waals surface area (Å²) in [5, 5.41) is 12.5. The van der Waals surface area contributed by atoms with Gasteiger partial charge >= 0.3 is 0 Å². The summed E-state index contributed by atoms with van der Waals surface area (Å²) in [4.78, 5) is 5.36. The van der Waals surface area contributed by atoms with E-state index < -0.39 is 0 Å². The quantitative estimate of drug-likeness (QED) is 0.835. The first-order chi connectivity index (χ1) is 7.81. The van der Waals surface area contributed by atoms with E-state index in [1.165, 1.54) is 4.88 Å².